The van der Waals surface area contributed by atoms with Crippen molar-refractivity contribution in [2.45, 2.75) is 16.7 Å². The molecule has 1 N–H and O–H groups in total. The molecular weight excluding hydrogens is 435 g/mol. The highest BCUT2D eigenvalue weighted by atomic mass is 32.2. The number of halogens is 3. The van der Waals surface area contributed by atoms with Gasteiger partial charge in [0.15, 0.2) is 6.61 Å². The first kappa shape index (κ1) is 21.9. The molecule has 1 heterocycles. The summed E-state index contributed by atoms with van der Waals surface area (Å²) >= 11 is 1.80. The Kier molecular flexibility index (Phi) is 7.53. The van der Waals surface area contributed by atoms with Crippen molar-refractivity contribution < 1.29 is 27.5 Å². The fourth-order valence-electron chi connectivity index (χ4n) is 2.62. The summed E-state index contributed by atoms with van der Waals surface area (Å²) in [6.07, 6.45) is 0. The van der Waals surface area contributed by atoms with Gasteiger partial charge in [-0.2, -0.15) is 8.78 Å². The summed E-state index contributed by atoms with van der Waals surface area (Å²) in [6, 6.07) is 14.4. The fourth-order valence-corrected chi connectivity index (χ4v) is 3.92. The third-order valence-electron chi connectivity index (χ3n) is 3.99. The van der Waals surface area contributed by atoms with E-state index in [2.05, 4.69) is 5.32 Å². The van der Waals surface area contributed by atoms with Gasteiger partial charge < -0.3 is 10.1 Å². The third-order valence-corrected chi connectivity index (χ3v) is 5.65. The van der Waals surface area contributed by atoms with Crippen LogP contribution in [0.25, 0.3) is 0 Å². The summed E-state index contributed by atoms with van der Waals surface area (Å²) in [4.78, 5) is 25.6. The topological polar surface area (TPSA) is 55.4 Å². The van der Waals surface area contributed by atoms with E-state index in [4.69, 9.17) is 4.74 Å². The number of alkyl halides is 2. The molecule has 2 aromatic carbocycles. The Morgan fingerprint density at radius 1 is 1.03 bits per heavy atom. The first-order chi connectivity index (χ1) is 14.4. The Bertz CT molecular complexity index is 978. The molecule has 0 aliphatic rings. The molecule has 1 atom stereocenters. The van der Waals surface area contributed by atoms with Gasteiger partial charge in [-0.05, 0) is 53.4 Å². The van der Waals surface area contributed by atoms with Crippen LogP contribution in [0.1, 0.15) is 26.8 Å². The molecule has 0 saturated carbocycles. The van der Waals surface area contributed by atoms with E-state index in [0.717, 1.165) is 4.88 Å². The van der Waals surface area contributed by atoms with Gasteiger partial charge in [0.2, 0.25) is 0 Å². The molecule has 1 amide bonds. The van der Waals surface area contributed by atoms with Crippen LogP contribution >= 0.6 is 23.1 Å². The van der Waals surface area contributed by atoms with Crippen molar-refractivity contribution >= 4 is 35.0 Å². The van der Waals surface area contributed by atoms with Crippen LogP contribution in [0.15, 0.2) is 70.9 Å². The largest absolute Gasteiger partial charge is 0.452 e. The van der Waals surface area contributed by atoms with Crippen molar-refractivity contribution in [3.63, 3.8) is 0 Å². The Balaban J connectivity index is 1.60. The van der Waals surface area contributed by atoms with Gasteiger partial charge in [-0.1, -0.05) is 30.0 Å². The Labute approximate surface area is 179 Å². The van der Waals surface area contributed by atoms with E-state index < -0.39 is 30.3 Å². The second-order valence-corrected chi connectivity index (χ2v) is 8.09. The summed E-state index contributed by atoms with van der Waals surface area (Å²) < 4.78 is 42.9. The summed E-state index contributed by atoms with van der Waals surface area (Å²) in [6.45, 7) is -0.518. The van der Waals surface area contributed by atoms with E-state index in [1.165, 1.54) is 47.7 Å². The molecule has 0 spiro atoms. The van der Waals surface area contributed by atoms with Crippen LogP contribution in [0.3, 0.4) is 0 Å². The van der Waals surface area contributed by atoms with Crippen molar-refractivity contribution in [2.24, 2.45) is 0 Å². The number of carbonyl (C=O) groups is 2. The lowest BCUT2D eigenvalue weighted by atomic mass is 10.1. The number of nitrogens with one attached hydrogen (secondary N) is 1. The van der Waals surface area contributed by atoms with E-state index in [9.17, 15) is 22.8 Å². The number of carbonyl (C=O) groups excluding carboxylic acids is 2. The molecule has 0 radical (unpaired) electrons. The smallest absolute Gasteiger partial charge is 0.338 e. The monoisotopic (exact) mass is 451 g/mol. The summed E-state index contributed by atoms with van der Waals surface area (Å²) in [5.74, 6) is -4.21. The van der Waals surface area contributed by atoms with Crippen LogP contribution in [0, 0.1) is 5.82 Å². The van der Waals surface area contributed by atoms with Crippen molar-refractivity contribution in [2.75, 3.05) is 6.61 Å². The van der Waals surface area contributed by atoms with Crippen molar-refractivity contribution in [3.8, 4) is 0 Å². The maximum absolute atomic E-state index is 13.2. The SMILES string of the molecule is O=C(COC(=O)c1ccc(SC(F)F)cc1)NC(c1ccc(F)cc1)c1cccs1. The predicted molar refractivity (Wildman–Crippen MR) is 109 cm³/mol. The zero-order chi connectivity index (χ0) is 21.5. The first-order valence-electron chi connectivity index (χ1n) is 8.72. The second kappa shape index (κ2) is 10.3. The van der Waals surface area contributed by atoms with Gasteiger partial charge in [-0.15, -0.1) is 11.3 Å². The van der Waals surface area contributed by atoms with Gasteiger partial charge in [-0.25, -0.2) is 9.18 Å². The molecule has 0 bridgehead atoms. The number of thioether (sulfide) groups is 1. The molecule has 1 aromatic heterocycles. The molecule has 0 fully saturated rings. The van der Waals surface area contributed by atoms with E-state index in [1.54, 1.807) is 12.1 Å². The van der Waals surface area contributed by atoms with Gasteiger partial charge in [0.25, 0.3) is 11.7 Å². The van der Waals surface area contributed by atoms with Crippen LogP contribution in [0.4, 0.5) is 13.2 Å². The maximum atomic E-state index is 13.2. The average molecular weight is 451 g/mol. The molecule has 3 aromatic rings. The number of hydrogen-bond acceptors (Lipinski definition) is 5. The zero-order valence-corrected chi connectivity index (χ0v) is 17.0. The lowest BCUT2D eigenvalue weighted by Gasteiger charge is -2.18. The van der Waals surface area contributed by atoms with Crippen LogP contribution in [-0.4, -0.2) is 24.2 Å². The molecule has 1 unspecified atom stereocenters. The van der Waals surface area contributed by atoms with Crippen molar-refractivity contribution in [1.82, 2.24) is 5.32 Å². The minimum absolute atomic E-state index is 0.148. The molecule has 0 aliphatic carbocycles. The average Bonchev–Trinajstić information content (AvgIpc) is 3.26. The molecule has 3 rings (SSSR count). The number of thiophene rings is 1. The summed E-state index contributed by atoms with van der Waals surface area (Å²) in [5, 5.41) is 4.63. The number of esters is 1. The number of hydrogen-bond donors (Lipinski definition) is 1. The molecule has 30 heavy (non-hydrogen) atoms. The molecule has 9 heteroatoms. The van der Waals surface area contributed by atoms with Crippen molar-refractivity contribution in [1.29, 1.82) is 0 Å². The molecule has 4 nitrogen and oxygen atoms in total. The quantitative estimate of drug-likeness (QED) is 0.375. The molecule has 156 valence electrons. The number of amides is 1. The minimum Gasteiger partial charge on any atom is -0.452 e. The second-order valence-electron chi connectivity index (χ2n) is 6.05. The van der Waals surface area contributed by atoms with Crippen LogP contribution in [0.5, 0.6) is 0 Å². The highest BCUT2D eigenvalue weighted by molar-refractivity contribution is 7.99. The van der Waals surface area contributed by atoms with Crippen molar-refractivity contribution in [3.05, 3.63) is 87.9 Å². The highest BCUT2D eigenvalue weighted by Gasteiger charge is 2.19. The Morgan fingerprint density at radius 3 is 2.33 bits per heavy atom. The summed E-state index contributed by atoms with van der Waals surface area (Å²) in [5.41, 5.74) is 0.834. The fraction of sp³-hybridized carbons (Fsp3) is 0.143. The number of benzene rings is 2. The lowest BCUT2D eigenvalue weighted by molar-refractivity contribution is -0.124. The third kappa shape index (κ3) is 6.11. The molecular formula is C21H16F3NO3S2. The van der Waals surface area contributed by atoms with E-state index in [0.29, 0.717) is 22.2 Å². The van der Waals surface area contributed by atoms with Crippen LogP contribution in [-0.2, 0) is 9.53 Å². The molecule has 0 aliphatic heterocycles. The first-order valence-corrected chi connectivity index (χ1v) is 10.5. The van der Waals surface area contributed by atoms with E-state index >= 15 is 0 Å². The standard InChI is InChI=1S/C21H16F3NO3S2/c22-15-7-3-13(4-8-15)19(17-2-1-11-29-17)25-18(26)12-28-20(27)14-5-9-16(10-6-14)30-21(23)24/h1-11,19,21H,12H2,(H,25,26). The van der Waals surface area contributed by atoms with Crippen LogP contribution < -0.4 is 5.32 Å². The van der Waals surface area contributed by atoms with E-state index in [1.807, 2.05) is 17.5 Å². The summed E-state index contributed by atoms with van der Waals surface area (Å²) in [7, 11) is 0. The number of ether oxygens (including phenoxy) is 1. The molecule has 0 saturated heterocycles. The highest BCUT2D eigenvalue weighted by Crippen LogP contribution is 2.27. The maximum Gasteiger partial charge on any atom is 0.338 e. The van der Waals surface area contributed by atoms with Gasteiger partial charge in [0, 0.05) is 9.77 Å². The van der Waals surface area contributed by atoms with Crippen LogP contribution in [0.2, 0.25) is 0 Å². The number of rotatable bonds is 8. The lowest BCUT2D eigenvalue weighted by Crippen LogP contribution is -2.32. The predicted octanol–water partition coefficient (Wildman–Crippen LogP) is 5.26. The van der Waals surface area contributed by atoms with Gasteiger partial charge in [-0.3, -0.25) is 4.79 Å². The minimum atomic E-state index is -2.55. The zero-order valence-electron chi connectivity index (χ0n) is 15.4. The van der Waals surface area contributed by atoms with Gasteiger partial charge in [0.05, 0.1) is 11.6 Å². The Morgan fingerprint density at radius 2 is 1.73 bits per heavy atom. The van der Waals surface area contributed by atoms with E-state index in [-0.39, 0.29) is 11.4 Å². The normalized spacial score (nSPS) is 11.9. The Hall–Kier alpha value is -2.78. The van der Waals surface area contributed by atoms with Gasteiger partial charge >= 0.3 is 5.97 Å². The van der Waals surface area contributed by atoms with Gasteiger partial charge in [0.1, 0.15) is 5.82 Å².